The number of aromatic nitrogens is 1. The van der Waals surface area contributed by atoms with Crippen molar-refractivity contribution in [3.05, 3.63) is 52.2 Å². The number of carbonyl (C=O) groups excluding carboxylic acids is 1. The van der Waals surface area contributed by atoms with E-state index in [9.17, 15) is 13.2 Å². The lowest BCUT2D eigenvalue weighted by Gasteiger charge is -2.32. The van der Waals surface area contributed by atoms with Crippen LogP contribution in [0.25, 0.3) is 11.3 Å². The van der Waals surface area contributed by atoms with Crippen LogP contribution >= 0.6 is 22.7 Å². The standard InChI is InChI=1S/C20H19N3O3S3/c24-19(15-8-3-4-10-23(15)29(25,26)17-9-5-11-27-17)22-20-21-18-14-7-2-1-6-13(14)12-16(18)28-20/h1-2,5-7,9,11,15H,3-4,8,10,12H2,(H,21,22,24)/t15-/m1/s1. The molecule has 0 radical (unpaired) electrons. The Bertz CT molecular complexity index is 1170. The predicted octanol–water partition coefficient (Wildman–Crippen LogP) is 3.96. The Morgan fingerprint density at radius 3 is 2.86 bits per heavy atom. The number of hydrogen-bond acceptors (Lipinski definition) is 6. The summed E-state index contributed by atoms with van der Waals surface area (Å²) >= 11 is 2.65. The molecule has 0 spiro atoms. The monoisotopic (exact) mass is 445 g/mol. The fourth-order valence-corrected chi connectivity index (χ4v) is 7.76. The van der Waals surface area contributed by atoms with Crippen molar-refractivity contribution in [1.82, 2.24) is 9.29 Å². The third-order valence-corrected chi connectivity index (χ3v) is 9.62. The first-order valence-electron chi connectivity index (χ1n) is 9.48. The minimum Gasteiger partial charge on any atom is -0.301 e. The van der Waals surface area contributed by atoms with Gasteiger partial charge in [0.2, 0.25) is 5.91 Å². The maximum Gasteiger partial charge on any atom is 0.253 e. The minimum absolute atomic E-state index is 0.280. The number of carbonyl (C=O) groups is 1. The van der Waals surface area contributed by atoms with E-state index in [1.165, 1.54) is 32.5 Å². The number of nitrogens with one attached hydrogen (secondary N) is 1. The summed E-state index contributed by atoms with van der Waals surface area (Å²) < 4.78 is 27.7. The van der Waals surface area contributed by atoms with Crippen molar-refractivity contribution in [1.29, 1.82) is 0 Å². The summed E-state index contributed by atoms with van der Waals surface area (Å²) in [5.74, 6) is -0.300. The van der Waals surface area contributed by atoms with Gasteiger partial charge in [0, 0.05) is 23.4 Å². The summed E-state index contributed by atoms with van der Waals surface area (Å²) in [4.78, 5) is 18.8. The van der Waals surface area contributed by atoms with Gasteiger partial charge in [-0.1, -0.05) is 36.8 Å². The molecule has 0 unspecified atom stereocenters. The predicted molar refractivity (Wildman–Crippen MR) is 115 cm³/mol. The van der Waals surface area contributed by atoms with Gasteiger partial charge in [0.1, 0.15) is 10.3 Å². The van der Waals surface area contributed by atoms with E-state index in [2.05, 4.69) is 16.4 Å². The lowest BCUT2D eigenvalue weighted by Crippen LogP contribution is -2.49. The van der Waals surface area contributed by atoms with Crippen LogP contribution in [-0.4, -0.2) is 36.2 Å². The number of sulfonamides is 1. The highest BCUT2D eigenvalue weighted by atomic mass is 32.2. The number of thiazole rings is 1. The average molecular weight is 446 g/mol. The second kappa shape index (κ2) is 7.32. The van der Waals surface area contributed by atoms with Gasteiger partial charge in [-0.25, -0.2) is 13.4 Å². The fraction of sp³-hybridized carbons (Fsp3) is 0.300. The summed E-state index contributed by atoms with van der Waals surface area (Å²) in [6.07, 6.45) is 2.93. The van der Waals surface area contributed by atoms with Gasteiger partial charge in [-0.3, -0.25) is 4.79 Å². The Morgan fingerprint density at radius 1 is 1.17 bits per heavy atom. The molecule has 1 saturated heterocycles. The molecule has 150 valence electrons. The van der Waals surface area contributed by atoms with Crippen molar-refractivity contribution in [3.8, 4) is 11.3 Å². The van der Waals surface area contributed by atoms with Crippen molar-refractivity contribution in [3.63, 3.8) is 0 Å². The molecule has 0 saturated carbocycles. The molecular formula is C20H19N3O3S3. The molecule has 2 aromatic heterocycles. The summed E-state index contributed by atoms with van der Waals surface area (Å²) in [6.45, 7) is 0.361. The molecule has 1 aromatic carbocycles. The van der Waals surface area contributed by atoms with Crippen LogP contribution in [0.3, 0.4) is 0 Å². The van der Waals surface area contributed by atoms with E-state index in [0.29, 0.717) is 18.1 Å². The quantitative estimate of drug-likeness (QED) is 0.516. The zero-order chi connectivity index (χ0) is 20.0. The van der Waals surface area contributed by atoms with Crippen molar-refractivity contribution in [2.75, 3.05) is 11.9 Å². The van der Waals surface area contributed by atoms with E-state index < -0.39 is 16.1 Å². The van der Waals surface area contributed by atoms with Crippen LogP contribution in [0.5, 0.6) is 0 Å². The van der Waals surface area contributed by atoms with Crippen LogP contribution in [0.2, 0.25) is 0 Å². The Kier molecular flexibility index (Phi) is 4.78. The molecule has 29 heavy (non-hydrogen) atoms. The number of piperidine rings is 1. The number of hydrogen-bond donors (Lipinski definition) is 1. The van der Waals surface area contributed by atoms with E-state index >= 15 is 0 Å². The first-order chi connectivity index (χ1) is 14.0. The molecular weight excluding hydrogens is 426 g/mol. The summed E-state index contributed by atoms with van der Waals surface area (Å²) in [7, 11) is -3.67. The Hall–Kier alpha value is -2.07. The van der Waals surface area contributed by atoms with Gasteiger partial charge in [-0.15, -0.1) is 22.7 Å². The number of benzene rings is 1. The van der Waals surface area contributed by atoms with E-state index in [1.54, 1.807) is 17.5 Å². The highest BCUT2D eigenvalue weighted by molar-refractivity contribution is 7.91. The van der Waals surface area contributed by atoms with Gasteiger partial charge < -0.3 is 5.32 Å². The first kappa shape index (κ1) is 18.9. The van der Waals surface area contributed by atoms with Crippen LogP contribution < -0.4 is 5.32 Å². The number of anilines is 1. The van der Waals surface area contributed by atoms with Crippen LogP contribution in [-0.2, 0) is 21.2 Å². The zero-order valence-corrected chi connectivity index (χ0v) is 17.9. The van der Waals surface area contributed by atoms with Crippen LogP contribution in [0.4, 0.5) is 5.13 Å². The van der Waals surface area contributed by atoms with E-state index in [1.807, 2.05) is 18.2 Å². The van der Waals surface area contributed by atoms with Crippen molar-refractivity contribution in [2.45, 2.75) is 35.9 Å². The number of nitrogens with zero attached hydrogens (tertiary/aromatic N) is 2. The number of thiophene rings is 1. The molecule has 5 rings (SSSR count). The maximum atomic E-state index is 13.0. The van der Waals surface area contributed by atoms with Crippen molar-refractivity contribution in [2.24, 2.45) is 0 Å². The highest BCUT2D eigenvalue weighted by Crippen LogP contribution is 2.41. The smallest absolute Gasteiger partial charge is 0.253 e. The van der Waals surface area contributed by atoms with Crippen LogP contribution in [0.1, 0.15) is 29.7 Å². The van der Waals surface area contributed by atoms with Crippen LogP contribution in [0.15, 0.2) is 46.0 Å². The van der Waals surface area contributed by atoms with Gasteiger partial charge in [0.05, 0.1) is 5.69 Å². The highest BCUT2D eigenvalue weighted by Gasteiger charge is 2.38. The lowest BCUT2D eigenvalue weighted by molar-refractivity contribution is -0.120. The average Bonchev–Trinajstić information content (AvgIpc) is 3.44. The van der Waals surface area contributed by atoms with Crippen molar-refractivity contribution >= 4 is 43.7 Å². The second-order valence-electron chi connectivity index (χ2n) is 7.17. The molecule has 1 fully saturated rings. The molecule has 0 bridgehead atoms. The number of amides is 1. The van der Waals surface area contributed by atoms with E-state index in [0.717, 1.165) is 35.4 Å². The van der Waals surface area contributed by atoms with Crippen LogP contribution in [0, 0.1) is 0 Å². The molecule has 3 heterocycles. The Balaban J connectivity index is 1.38. The summed E-state index contributed by atoms with van der Waals surface area (Å²) in [6, 6.07) is 10.7. The molecule has 1 N–H and O–H groups in total. The molecule has 2 aliphatic rings. The number of fused-ring (bicyclic) bond motifs is 3. The van der Waals surface area contributed by atoms with Gasteiger partial charge in [0.15, 0.2) is 5.13 Å². The lowest BCUT2D eigenvalue weighted by atomic mass is 10.0. The summed E-state index contributed by atoms with van der Waals surface area (Å²) in [5, 5.41) is 5.16. The molecule has 3 aromatic rings. The third-order valence-electron chi connectivity index (χ3n) is 5.37. The maximum absolute atomic E-state index is 13.0. The third kappa shape index (κ3) is 3.31. The summed E-state index contributed by atoms with van der Waals surface area (Å²) in [5.41, 5.74) is 3.28. The topological polar surface area (TPSA) is 79.4 Å². The SMILES string of the molecule is O=C(Nc1nc2c(s1)Cc1ccccc1-2)[C@H]1CCCCN1S(=O)(=O)c1cccs1. The fourth-order valence-electron chi connectivity index (χ4n) is 3.98. The zero-order valence-electron chi connectivity index (χ0n) is 15.5. The molecule has 1 aliphatic heterocycles. The molecule has 1 aliphatic carbocycles. The largest absolute Gasteiger partial charge is 0.301 e. The molecule has 9 heteroatoms. The van der Waals surface area contributed by atoms with Gasteiger partial charge in [0.25, 0.3) is 10.0 Å². The number of rotatable bonds is 4. The minimum atomic E-state index is -3.67. The first-order valence-corrected chi connectivity index (χ1v) is 12.6. The van der Waals surface area contributed by atoms with Gasteiger partial charge in [-0.05, 0) is 29.9 Å². The molecule has 1 amide bonds. The normalized spacial score (nSPS) is 19.0. The van der Waals surface area contributed by atoms with E-state index in [4.69, 9.17) is 0 Å². The molecule has 1 atom stereocenters. The Labute approximate surface area is 177 Å². The van der Waals surface area contributed by atoms with Gasteiger partial charge >= 0.3 is 0 Å². The van der Waals surface area contributed by atoms with Crippen molar-refractivity contribution < 1.29 is 13.2 Å². The molecule has 6 nitrogen and oxygen atoms in total. The Morgan fingerprint density at radius 2 is 2.03 bits per heavy atom. The van der Waals surface area contributed by atoms with Gasteiger partial charge in [-0.2, -0.15) is 4.31 Å². The van der Waals surface area contributed by atoms with E-state index in [-0.39, 0.29) is 10.1 Å². The second-order valence-corrected chi connectivity index (χ2v) is 11.3.